The first-order valence-corrected chi connectivity index (χ1v) is 8.05. The van der Waals surface area contributed by atoms with Gasteiger partial charge in [0.1, 0.15) is 0 Å². The van der Waals surface area contributed by atoms with Crippen LogP contribution in [0.3, 0.4) is 0 Å². The molecule has 0 saturated heterocycles. The summed E-state index contributed by atoms with van der Waals surface area (Å²) in [5.74, 6) is -0.183. The van der Waals surface area contributed by atoms with E-state index in [9.17, 15) is 4.79 Å². The fraction of sp³-hybridized carbons (Fsp3) is 0.300. The fourth-order valence-corrected chi connectivity index (χ4v) is 3.18. The summed E-state index contributed by atoms with van der Waals surface area (Å²) in [6.07, 6.45) is 0.762. The lowest BCUT2D eigenvalue weighted by molar-refractivity contribution is -0.144. The van der Waals surface area contributed by atoms with E-state index in [1.54, 1.807) is 0 Å². The molecule has 0 saturated carbocycles. The Morgan fingerprint density at radius 1 is 1.13 bits per heavy atom. The summed E-state index contributed by atoms with van der Waals surface area (Å²) < 4.78 is 5.26. The number of hydrogen-bond donors (Lipinski definition) is 0. The zero-order chi connectivity index (χ0) is 16.2. The predicted molar refractivity (Wildman–Crippen MR) is 91.9 cm³/mol. The Kier molecular flexibility index (Phi) is 4.56. The van der Waals surface area contributed by atoms with E-state index in [2.05, 4.69) is 19.1 Å². The number of rotatable bonds is 4. The zero-order valence-corrected chi connectivity index (χ0v) is 13.5. The molecule has 0 fully saturated rings. The molecular weight excluding hydrogens is 286 g/mol. The number of ether oxygens (including phenoxy) is 1. The molecule has 0 amide bonds. The third-order valence-corrected chi connectivity index (χ3v) is 4.31. The average Bonchev–Trinajstić information content (AvgIpc) is 3.01. The lowest BCUT2D eigenvalue weighted by Gasteiger charge is -2.19. The van der Waals surface area contributed by atoms with Gasteiger partial charge in [0.25, 0.3) is 0 Å². The van der Waals surface area contributed by atoms with Crippen LogP contribution in [-0.2, 0) is 9.53 Å². The molecule has 3 nitrogen and oxygen atoms in total. The topological polar surface area (TPSA) is 38.7 Å². The van der Waals surface area contributed by atoms with E-state index in [4.69, 9.17) is 9.73 Å². The van der Waals surface area contributed by atoms with Crippen molar-refractivity contribution in [1.82, 2.24) is 0 Å². The summed E-state index contributed by atoms with van der Waals surface area (Å²) in [5.41, 5.74) is 4.44. The van der Waals surface area contributed by atoms with Crippen LogP contribution in [0.2, 0.25) is 0 Å². The number of carbonyl (C=O) groups is 1. The van der Waals surface area contributed by atoms with Gasteiger partial charge >= 0.3 is 5.97 Å². The van der Waals surface area contributed by atoms with Crippen molar-refractivity contribution in [2.45, 2.75) is 32.2 Å². The second-order valence-electron chi connectivity index (χ2n) is 5.81. The highest BCUT2D eigenvalue weighted by atomic mass is 16.5. The molecule has 1 heterocycles. The summed E-state index contributed by atoms with van der Waals surface area (Å²) >= 11 is 0. The molecule has 3 heteroatoms. The Labute approximate surface area is 137 Å². The van der Waals surface area contributed by atoms with Crippen LogP contribution in [0.15, 0.2) is 59.6 Å². The first-order valence-electron chi connectivity index (χ1n) is 8.05. The number of esters is 1. The van der Waals surface area contributed by atoms with Gasteiger partial charge in [-0.05, 0) is 37.0 Å². The Morgan fingerprint density at radius 3 is 2.52 bits per heavy atom. The van der Waals surface area contributed by atoms with Crippen molar-refractivity contribution in [1.29, 1.82) is 0 Å². The average molecular weight is 307 g/mol. The van der Waals surface area contributed by atoms with Crippen molar-refractivity contribution in [2.75, 3.05) is 6.61 Å². The number of carbonyl (C=O) groups excluding carboxylic acids is 1. The highest BCUT2D eigenvalue weighted by Gasteiger charge is 2.37. The number of hydrogen-bond acceptors (Lipinski definition) is 3. The van der Waals surface area contributed by atoms with E-state index < -0.39 is 6.04 Å². The lowest BCUT2D eigenvalue weighted by atomic mass is 9.86. The van der Waals surface area contributed by atoms with Crippen molar-refractivity contribution in [3.8, 4) is 0 Å². The minimum atomic E-state index is -0.453. The van der Waals surface area contributed by atoms with Crippen molar-refractivity contribution >= 4 is 11.7 Å². The van der Waals surface area contributed by atoms with Gasteiger partial charge in [-0.3, -0.25) is 4.99 Å². The number of aryl methyl sites for hydroxylation is 1. The molecule has 2 aromatic carbocycles. The van der Waals surface area contributed by atoms with E-state index in [1.807, 2.05) is 49.4 Å². The van der Waals surface area contributed by atoms with Crippen molar-refractivity contribution in [3.63, 3.8) is 0 Å². The largest absolute Gasteiger partial charge is 0.464 e. The van der Waals surface area contributed by atoms with Crippen LogP contribution >= 0.6 is 0 Å². The van der Waals surface area contributed by atoms with Gasteiger partial charge in [-0.2, -0.15) is 0 Å². The highest BCUT2D eigenvalue weighted by molar-refractivity contribution is 6.04. The van der Waals surface area contributed by atoms with E-state index in [0.717, 1.165) is 17.7 Å². The summed E-state index contributed by atoms with van der Waals surface area (Å²) in [6, 6.07) is 17.8. The normalized spacial score (nSPS) is 20.2. The maximum absolute atomic E-state index is 12.4. The maximum Gasteiger partial charge on any atom is 0.331 e. The molecule has 3 rings (SSSR count). The van der Waals surface area contributed by atoms with E-state index in [1.165, 1.54) is 11.1 Å². The Hall–Kier alpha value is -2.42. The van der Waals surface area contributed by atoms with Crippen molar-refractivity contribution in [3.05, 3.63) is 71.3 Å². The molecular formula is C20H21NO2. The predicted octanol–water partition coefficient (Wildman–Crippen LogP) is 3.90. The smallest absolute Gasteiger partial charge is 0.331 e. The van der Waals surface area contributed by atoms with Crippen LogP contribution in [0.25, 0.3) is 0 Å². The third kappa shape index (κ3) is 3.19. The van der Waals surface area contributed by atoms with E-state index >= 15 is 0 Å². The first kappa shape index (κ1) is 15.5. The summed E-state index contributed by atoms with van der Waals surface area (Å²) in [5, 5.41) is 0. The molecule has 0 N–H and O–H groups in total. The van der Waals surface area contributed by atoms with Gasteiger partial charge in [0, 0.05) is 11.6 Å². The van der Waals surface area contributed by atoms with Gasteiger partial charge in [-0.25, -0.2) is 4.79 Å². The van der Waals surface area contributed by atoms with Crippen molar-refractivity contribution in [2.24, 2.45) is 4.99 Å². The van der Waals surface area contributed by atoms with Crippen LogP contribution in [0, 0.1) is 6.92 Å². The van der Waals surface area contributed by atoms with Gasteiger partial charge in [-0.1, -0.05) is 54.6 Å². The monoisotopic (exact) mass is 307 g/mol. The van der Waals surface area contributed by atoms with Crippen LogP contribution in [-0.4, -0.2) is 24.3 Å². The molecule has 1 unspecified atom stereocenters. The highest BCUT2D eigenvalue weighted by Crippen LogP contribution is 2.35. The van der Waals surface area contributed by atoms with Crippen LogP contribution < -0.4 is 0 Å². The quantitative estimate of drug-likeness (QED) is 0.803. The zero-order valence-electron chi connectivity index (χ0n) is 13.5. The Bertz CT molecular complexity index is 721. The summed E-state index contributed by atoms with van der Waals surface area (Å²) in [6.45, 7) is 4.29. The molecule has 0 bridgehead atoms. The summed E-state index contributed by atoms with van der Waals surface area (Å²) in [7, 11) is 0. The molecule has 2 atom stereocenters. The fourth-order valence-electron chi connectivity index (χ4n) is 3.18. The molecule has 0 aliphatic carbocycles. The molecule has 118 valence electrons. The minimum absolute atomic E-state index is 0.0467. The lowest BCUT2D eigenvalue weighted by Crippen LogP contribution is -2.26. The molecule has 2 aromatic rings. The molecule has 1 aliphatic rings. The van der Waals surface area contributed by atoms with Gasteiger partial charge in [-0.15, -0.1) is 0 Å². The van der Waals surface area contributed by atoms with Crippen LogP contribution in [0.4, 0.5) is 0 Å². The van der Waals surface area contributed by atoms with E-state index in [-0.39, 0.29) is 11.9 Å². The number of nitrogens with zero attached hydrogens (tertiary/aromatic N) is 1. The van der Waals surface area contributed by atoms with Gasteiger partial charge in [0.05, 0.1) is 6.61 Å². The van der Waals surface area contributed by atoms with Gasteiger partial charge < -0.3 is 4.74 Å². The second kappa shape index (κ2) is 6.78. The molecule has 0 radical (unpaired) electrons. The third-order valence-electron chi connectivity index (χ3n) is 4.31. The second-order valence-corrected chi connectivity index (χ2v) is 5.81. The van der Waals surface area contributed by atoms with Crippen molar-refractivity contribution < 1.29 is 9.53 Å². The Morgan fingerprint density at radius 2 is 1.83 bits per heavy atom. The maximum atomic E-state index is 12.4. The number of benzene rings is 2. The number of aliphatic imine (C=N–C) groups is 1. The summed E-state index contributed by atoms with van der Waals surface area (Å²) in [4.78, 5) is 17.1. The van der Waals surface area contributed by atoms with E-state index in [0.29, 0.717) is 6.61 Å². The van der Waals surface area contributed by atoms with Crippen LogP contribution in [0.1, 0.15) is 36.0 Å². The van der Waals surface area contributed by atoms with Gasteiger partial charge in [0.15, 0.2) is 6.04 Å². The standard InChI is InChI=1S/C20H21NO2/c1-3-23-20(22)19-17(16-12-8-7-9-14(16)2)13-18(21-19)15-10-5-4-6-11-15/h4-12,17,19H,3,13H2,1-2H3/t17?,19-/m0/s1. The first-order chi connectivity index (χ1) is 11.2. The minimum Gasteiger partial charge on any atom is -0.464 e. The molecule has 1 aliphatic heterocycles. The molecule has 23 heavy (non-hydrogen) atoms. The van der Waals surface area contributed by atoms with Gasteiger partial charge in [0.2, 0.25) is 0 Å². The molecule has 0 spiro atoms. The molecule has 0 aromatic heterocycles. The Balaban J connectivity index is 1.96. The van der Waals surface area contributed by atoms with Crippen LogP contribution in [0.5, 0.6) is 0 Å². The SMILES string of the molecule is CCOC(=O)[C@H]1N=C(c2ccccc2)CC1c1ccccc1C.